The van der Waals surface area contributed by atoms with Crippen LogP contribution in [-0.2, 0) is 0 Å². The van der Waals surface area contributed by atoms with Gasteiger partial charge in [0.15, 0.2) is 0 Å². The predicted molar refractivity (Wildman–Crippen MR) is 51.4 cm³/mol. The van der Waals surface area contributed by atoms with Gasteiger partial charge in [-0.25, -0.2) is 4.39 Å². The first-order valence-electron chi connectivity index (χ1n) is 4.84. The summed E-state index contributed by atoms with van der Waals surface area (Å²) in [6.45, 7) is 0. The number of hydrogen-bond acceptors (Lipinski definition) is 2. The summed E-state index contributed by atoms with van der Waals surface area (Å²) < 4.78 is 13.3. The van der Waals surface area contributed by atoms with Crippen LogP contribution in [0.5, 0.6) is 0 Å². The third kappa shape index (κ3) is 1.94. The van der Waals surface area contributed by atoms with Crippen molar-refractivity contribution < 1.29 is 4.39 Å². The molecule has 0 amide bonds. The van der Waals surface area contributed by atoms with Crippen LogP contribution < -0.4 is 5.32 Å². The minimum Gasteiger partial charge on any atom is -0.307 e. The monoisotopic (exact) mass is 189 g/mol. The van der Waals surface area contributed by atoms with Crippen LogP contribution in [-0.4, -0.2) is 29.8 Å². The van der Waals surface area contributed by atoms with Gasteiger partial charge in [0, 0.05) is 23.6 Å². The summed E-state index contributed by atoms with van der Waals surface area (Å²) in [4.78, 5) is 0. The highest BCUT2D eigenvalue weighted by atomic mass is 32.2. The van der Waals surface area contributed by atoms with Gasteiger partial charge in [-0.05, 0) is 12.8 Å². The zero-order valence-corrected chi connectivity index (χ0v) is 8.08. The quantitative estimate of drug-likeness (QED) is 0.713. The summed E-state index contributed by atoms with van der Waals surface area (Å²) in [6, 6.07) is 0.779. The summed E-state index contributed by atoms with van der Waals surface area (Å²) in [5.74, 6) is 2.37. The number of halogens is 1. The lowest BCUT2D eigenvalue weighted by molar-refractivity contribution is 0.182. The Kier molecular flexibility index (Phi) is 2.92. The second kappa shape index (κ2) is 3.97. The van der Waals surface area contributed by atoms with Crippen molar-refractivity contribution in [3.8, 4) is 0 Å². The molecule has 2 rings (SSSR count). The molecule has 0 aromatic heterocycles. The van der Waals surface area contributed by atoms with Crippen molar-refractivity contribution in [2.45, 2.75) is 43.9 Å². The van der Waals surface area contributed by atoms with Gasteiger partial charge in [-0.15, -0.1) is 0 Å². The molecule has 0 aromatic carbocycles. The van der Waals surface area contributed by atoms with Crippen molar-refractivity contribution in [3.63, 3.8) is 0 Å². The maximum Gasteiger partial charge on any atom is 0.115 e. The molecule has 12 heavy (non-hydrogen) atoms. The van der Waals surface area contributed by atoms with Crippen LogP contribution in [0.4, 0.5) is 4.39 Å². The largest absolute Gasteiger partial charge is 0.307 e. The van der Waals surface area contributed by atoms with E-state index in [2.05, 4.69) is 5.32 Å². The van der Waals surface area contributed by atoms with Crippen LogP contribution in [0.2, 0.25) is 0 Å². The molecule has 2 aliphatic rings. The summed E-state index contributed by atoms with van der Waals surface area (Å²) in [7, 11) is 0. The Morgan fingerprint density at radius 3 is 2.50 bits per heavy atom. The van der Waals surface area contributed by atoms with Crippen LogP contribution in [0.15, 0.2) is 0 Å². The van der Waals surface area contributed by atoms with E-state index in [0.29, 0.717) is 6.04 Å². The van der Waals surface area contributed by atoms with Crippen molar-refractivity contribution in [1.82, 2.24) is 5.32 Å². The number of rotatable bonds is 2. The third-order valence-electron chi connectivity index (χ3n) is 2.77. The van der Waals surface area contributed by atoms with Gasteiger partial charge in [0.2, 0.25) is 0 Å². The van der Waals surface area contributed by atoms with E-state index in [9.17, 15) is 4.39 Å². The average Bonchev–Trinajstić information content (AvgIpc) is 2.00. The highest BCUT2D eigenvalue weighted by Gasteiger charge is 2.28. The molecule has 1 N–H and O–H groups in total. The first-order valence-corrected chi connectivity index (χ1v) is 5.99. The van der Waals surface area contributed by atoms with E-state index in [1.54, 1.807) is 0 Å². The number of nitrogens with one attached hydrogen (secondary N) is 1. The molecule has 0 aromatic rings. The number of alkyl halides is 1. The molecule has 1 heterocycles. The molecule has 1 aliphatic carbocycles. The molecule has 1 saturated carbocycles. The molecule has 0 spiro atoms. The number of thioether (sulfide) groups is 1. The smallest absolute Gasteiger partial charge is 0.115 e. The summed E-state index contributed by atoms with van der Waals surface area (Å²) in [5, 5.41) is 3.41. The SMILES string of the molecule is F[C@@H]1CCCC[C@H]1NC1CSC1. The van der Waals surface area contributed by atoms with E-state index in [0.717, 1.165) is 19.3 Å². The fraction of sp³-hybridized carbons (Fsp3) is 1.00. The molecule has 2 atom stereocenters. The maximum absolute atomic E-state index is 13.3. The van der Waals surface area contributed by atoms with Crippen molar-refractivity contribution in [3.05, 3.63) is 0 Å². The molecule has 1 aliphatic heterocycles. The second-order valence-corrected chi connectivity index (χ2v) is 4.88. The van der Waals surface area contributed by atoms with Gasteiger partial charge in [0.25, 0.3) is 0 Å². The maximum atomic E-state index is 13.3. The van der Waals surface area contributed by atoms with Crippen molar-refractivity contribution >= 4 is 11.8 Å². The normalized spacial score (nSPS) is 37.8. The standard InChI is InChI=1S/C9H16FNS/c10-8-3-1-2-4-9(8)11-7-5-12-6-7/h7-9,11H,1-6H2/t8-,9-/m1/s1. The molecule has 0 bridgehead atoms. The fourth-order valence-corrected chi connectivity index (χ4v) is 2.57. The van der Waals surface area contributed by atoms with Crippen LogP contribution in [0.3, 0.4) is 0 Å². The molecule has 2 fully saturated rings. The lowest BCUT2D eigenvalue weighted by Gasteiger charge is -2.34. The van der Waals surface area contributed by atoms with Crippen LogP contribution in [0, 0.1) is 0 Å². The minimum absolute atomic E-state index is 0.171. The third-order valence-corrected chi connectivity index (χ3v) is 4.05. The van der Waals surface area contributed by atoms with Gasteiger partial charge in [-0.1, -0.05) is 12.8 Å². The molecule has 3 heteroatoms. The Morgan fingerprint density at radius 2 is 1.92 bits per heavy atom. The molecular weight excluding hydrogens is 173 g/mol. The number of hydrogen-bond donors (Lipinski definition) is 1. The van der Waals surface area contributed by atoms with Crippen molar-refractivity contribution in [1.29, 1.82) is 0 Å². The summed E-state index contributed by atoms with van der Waals surface area (Å²) >= 11 is 1.95. The summed E-state index contributed by atoms with van der Waals surface area (Å²) in [5.41, 5.74) is 0. The van der Waals surface area contributed by atoms with E-state index < -0.39 is 6.17 Å². The van der Waals surface area contributed by atoms with E-state index >= 15 is 0 Å². The van der Waals surface area contributed by atoms with Gasteiger partial charge in [-0.2, -0.15) is 11.8 Å². The first kappa shape index (κ1) is 8.82. The second-order valence-electron chi connectivity index (χ2n) is 3.81. The Hall–Kier alpha value is 0.240. The molecule has 0 unspecified atom stereocenters. The highest BCUT2D eigenvalue weighted by Crippen LogP contribution is 2.24. The molecule has 1 saturated heterocycles. The van der Waals surface area contributed by atoms with Gasteiger partial charge in [-0.3, -0.25) is 0 Å². The molecule has 1 nitrogen and oxygen atoms in total. The highest BCUT2D eigenvalue weighted by molar-refractivity contribution is 8.00. The Balaban J connectivity index is 1.76. The lowest BCUT2D eigenvalue weighted by atomic mass is 9.93. The van der Waals surface area contributed by atoms with Gasteiger partial charge in [0.1, 0.15) is 6.17 Å². The lowest BCUT2D eigenvalue weighted by Crippen LogP contribution is -2.50. The minimum atomic E-state index is -0.579. The Labute approximate surface area is 77.5 Å². The first-order chi connectivity index (χ1) is 5.86. The molecule has 0 radical (unpaired) electrons. The van der Waals surface area contributed by atoms with E-state index in [1.165, 1.54) is 17.9 Å². The van der Waals surface area contributed by atoms with E-state index in [4.69, 9.17) is 0 Å². The van der Waals surface area contributed by atoms with Crippen molar-refractivity contribution in [2.24, 2.45) is 0 Å². The van der Waals surface area contributed by atoms with Gasteiger partial charge < -0.3 is 5.32 Å². The molecular formula is C9H16FNS. The fourth-order valence-electron chi connectivity index (χ4n) is 1.91. The summed E-state index contributed by atoms with van der Waals surface area (Å²) in [6.07, 6.45) is 3.53. The van der Waals surface area contributed by atoms with Crippen LogP contribution >= 0.6 is 11.8 Å². The van der Waals surface area contributed by atoms with E-state index in [-0.39, 0.29) is 6.04 Å². The Bertz CT molecular complexity index is 149. The van der Waals surface area contributed by atoms with E-state index in [1.807, 2.05) is 11.8 Å². The average molecular weight is 189 g/mol. The van der Waals surface area contributed by atoms with Gasteiger partial charge in [0.05, 0.1) is 0 Å². The van der Waals surface area contributed by atoms with Crippen LogP contribution in [0.1, 0.15) is 25.7 Å². The van der Waals surface area contributed by atoms with Crippen LogP contribution in [0.25, 0.3) is 0 Å². The molecule has 70 valence electrons. The Morgan fingerprint density at radius 1 is 1.17 bits per heavy atom. The topological polar surface area (TPSA) is 12.0 Å². The van der Waals surface area contributed by atoms with Gasteiger partial charge >= 0.3 is 0 Å². The zero-order chi connectivity index (χ0) is 8.39. The van der Waals surface area contributed by atoms with Crippen molar-refractivity contribution in [2.75, 3.05) is 11.5 Å². The predicted octanol–water partition coefficient (Wildman–Crippen LogP) is 1.97. The zero-order valence-electron chi connectivity index (χ0n) is 7.26.